The van der Waals surface area contributed by atoms with Crippen molar-refractivity contribution >= 4 is 46.0 Å². The van der Waals surface area contributed by atoms with Gasteiger partial charge in [-0.3, -0.25) is 9.35 Å². The SMILES string of the molecule is O=Cc1ccc(S(=O)(=O)O)cc1.[NaH]. The average Bonchev–Trinajstić information content (AvgIpc) is 2.03. The van der Waals surface area contributed by atoms with Crippen molar-refractivity contribution in [3.8, 4) is 0 Å². The Kier molecular flexibility index (Phi) is 4.80. The molecule has 6 heteroatoms. The van der Waals surface area contributed by atoms with Crippen LogP contribution in [-0.2, 0) is 10.1 Å². The van der Waals surface area contributed by atoms with Gasteiger partial charge < -0.3 is 0 Å². The molecule has 0 atom stereocenters. The number of carbonyl (C=O) groups excluding carboxylic acids is 1. The Morgan fingerprint density at radius 1 is 1.15 bits per heavy atom. The molecule has 0 aliphatic carbocycles. The third-order valence-corrected chi connectivity index (χ3v) is 2.18. The van der Waals surface area contributed by atoms with Crippen LogP contribution in [0.25, 0.3) is 0 Å². The van der Waals surface area contributed by atoms with Crippen LogP contribution in [0.4, 0.5) is 0 Å². The second-order valence-corrected chi connectivity index (χ2v) is 3.58. The molecule has 0 aliphatic heterocycles. The molecule has 0 fully saturated rings. The number of aldehydes is 1. The summed E-state index contributed by atoms with van der Waals surface area (Å²) in [5.74, 6) is 0. The van der Waals surface area contributed by atoms with Crippen molar-refractivity contribution < 1.29 is 17.8 Å². The van der Waals surface area contributed by atoms with Crippen LogP contribution in [0.1, 0.15) is 10.4 Å². The summed E-state index contributed by atoms with van der Waals surface area (Å²) >= 11 is 0. The fraction of sp³-hybridized carbons (Fsp3) is 0. The van der Waals surface area contributed by atoms with E-state index in [0.717, 1.165) is 0 Å². The number of rotatable bonds is 2. The van der Waals surface area contributed by atoms with E-state index in [2.05, 4.69) is 0 Å². The van der Waals surface area contributed by atoms with E-state index in [1.165, 1.54) is 24.3 Å². The minimum atomic E-state index is -4.14. The van der Waals surface area contributed by atoms with Crippen molar-refractivity contribution in [2.45, 2.75) is 4.90 Å². The van der Waals surface area contributed by atoms with Crippen molar-refractivity contribution in [3.05, 3.63) is 29.8 Å². The van der Waals surface area contributed by atoms with Crippen LogP contribution in [0.5, 0.6) is 0 Å². The van der Waals surface area contributed by atoms with Crippen molar-refractivity contribution in [2.75, 3.05) is 0 Å². The molecule has 66 valence electrons. The van der Waals surface area contributed by atoms with Gasteiger partial charge in [-0.05, 0) is 12.1 Å². The average molecular weight is 210 g/mol. The minimum absolute atomic E-state index is 0. The zero-order valence-corrected chi connectivity index (χ0v) is 6.78. The van der Waals surface area contributed by atoms with Crippen LogP contribution >= 0.6 is 0 Å². The second kappa shape index (κ2) is 4.88. The number of hydrogen-bond acceptors (Lipinski definition) is 3. The predicted molar refractivity (Wildman–Crippen MR) is 48.8 cm³/mol. The second-order valence-electron chi connectivity index (χ2n) is 2.16. The first-order valence-electron chi connectivity index (χ1n) is 3.07. The molecule has 1 rings (SSSR count). The van der Waals surface area contributed by atoms with E-state index in [-0.39, 0.29) is 34.5 Å². The Morgan fingerprint density at radius 2 is 1.62 bits per heavy atom. The van der Waals surface area contributed by atoms with Gasteiger partial charge in [0.05, 0.1) is 4.90 Å². The predicted octanol–water partition coefficient (Wildman–Crippen LogP) is 0.0973. The summed E-state index contributed by atoms with van der Waals surface area (Å²) < 4.78 is 29.5. The summed E-state index contributed by atoms with van der Waals surface area (Å²) in [6.45, 7) is 0. The molecule has 0 amide bonds. The maximum absolute atomic E-state index is 10.5. The summed E-state index contributed by atoms with van der Waals surface area (Å²) in [6.07, 6.45) is 0.591. The molecule has 0 aromatic heterocycles. The molecule has 1 N–H and O–H groups in total. The summed E-state index contributed by atoms with van der Waals surface area (Å²) in [5.41, 5.74) is 0.363. The zero-order valence-electron chi connectivity index (χ0n) is 5.97. The van der Waals surface area contributed by atoms with Gasteiger partial charge in [0, 0.05) is 5.56 Å². The molecule has 1 aromatic carbocycles. The number of carbonyl (C=O) groups is 1. The van der Waals surface area contributed by atoms with Crippen molar-refractivity contribution in [3.63, 3.8) is 0 Å². The third kappa shape index (κ3) is 3.58. The molecule has 0 unspecified atom stereocenters. The van der Waals surface area contributed by atoms with E-state index in [4.69, 9.17) is 4.55 Å². The van der Waals surface area contributed by atoms with E-state index in [1.807, 2.05) is 0 Å². The van der Waals surface area contributed by atoms with Crippen molar-refractivity contribution in [2.24, 2.45) is 0 Å². The summed E-state index contributed by atoms with van der Waals surface area (Å²) in [7, 11) is -4.14. The fourth-order valence-corrected chi connectivity index (χ4v) is 1.20. The molecule has 1 aromatic rings. The van der Waals surface area contributed by atoms with Gasteiger partial charge in [-0.2, -0.15) is 8.42 Å². The Morgan fingerprint density at radius 3 is 1.92 bits per heavy atom. The summed E-state index contributed by atoms with van der Waals surface area (Å²) in [4.78, 5) is 9.94. The Labute approximate surface area is 98.0 Å². The van der Waals surface area contributed by atoms with E-state index < -0.39 is 10.1 Å². The van der Waals surface area contributed by atoms with Crippen LogP contribution in [0.15, 0.2) is 29.2 Å². The van der Waals surface area contributed by atoms with Gasteiger partial charge in [-0.15, -0.1) is 0 Å². The first-order valence-corrected chi connectivity index (χ1v) is 4.51. The normalized spacial score (nSPS) is 10.2. The van der Waals surface area contributed by atoms with Gasteiger partial charge >= 0.3 is 29.6 Å². The van der Waals surface area contributed by atoms with E-state index in [1.54, 1.807) is 0 Å². The molecule has 0 aliphatic rings. The van der Waals surface area contributed by atoms with E-state index in [0.29, 0.717) is 11.8 Å². The molecule has 13 heavy (non-hydrogen) atoms. The monoisotopic (exact) mass is 210 g/mol. The first-order chi connectivity index (χ1) is 5.54. The molecule has 4 nitrogen and oxygen atoms in total. The molecular formula is C7H7NaO4S. The van der Waals surface area contributed by atoms with Crippen LogP contribution in [0.3, 0.4) is 0 Å². The maximum atomic E-state index is 10.5. The Hall–Kier alpha value is -0.200. The van der Waals surface area contributed by atoms with Crippen molar-refractivity contribution in [1.82, 2.24) is 0 Å². The van der Waals surface area contributed by atoms with Gasteiger partial charge in [0.15, 0.2) is 0 Å². The van der Waals surface area contributed by atoms with Gasteiger partial charge in [-0.1, -0.05) is 12.1 Å². The Bertz CT molecular complexity index is 381. The zero-order chi connectivity index (χ0) is 9.19. The summed E-state index contributed by atoms with van der Waals surface area (Å²) in [5, 5.41) is 0. The third-order valence-electron chi connectivity index (χ3n) is 1.31. The van der Waals surface area contributed by atoms with Crippen LogP contribution < -0.4 is 0 Å². The molecule has 0 radical (unpaired) electrons. The molecule has 0 saturated heterocycles. The molecule has 0 bridgehead atoms. The van der Waals surface area contributed by atoms with Crippen LogP contribution in [0, 0.1) is 0 Å². The fourth-order valence-electron chi connectivity index (χ4n) is 0.718. The van der Waals surface area contributed by atoms with Gasteiger partial charge in [0.2, 0.25) is 0 Å². The molecule has 0 heterocycles. The van der Waals surface area contributed by atoms with Gasteiger partial charge in [-0.25, -0.2) is 0 Å². The van der Waals surface area contributed by atoms with Gasteiger partial charge in [0.25, 0.3) is 10.1 Å². The quantitative estimate of drug-likeness (QED) is 0.427. The van der Waals surface area contributed by atoms with E-state index in [9.17, 15) is 13.2 Å². The molecular weight excluding hydrogens is 203 g/mol. The van der Waals surface area contributed by atoms with E-state index >= 15 is 0 Å². The standard InChI is InChI=1S/C7H6O4S.Na.H/c8-5-6-1-3-7(4-2-6)12(9,10)11;;/h1-5H,(H,9,10,11);;. The molecule has 0 saturated carbocycles. The number of hydrogen-bond donors (Lipinski definition) is 1. The first kappa shape index (κ1) is 12.8. The van der Waals surface area contributed by atoms with Gasteiger partial charge in [0.1, 0.15) is 6.29 Å². The topological polar surface area (TPSA) is 71.4 Å². The van der Waals surface area contributed by atoms with Crippen LogP contribution in [-0.4, -0.2) is 48.8 Å². The number of benzene rings is 1. The Balaban J connectivity index is 0.00000144. The van der Waals surface area contributed by atoms with Crippen molar-refractivity contribution in [1.29, 1.82) is 0 Å². The summed E-state index contributed by atoms with van der Waals surface area (Å²) in [6, 6.07) is 4.96. The van der Waals surface area contributed by atoms with Crippen LogP contribution in [0.2, 0.25) is 0 Å². The molecule has 0 spiro atoms.